The van der Waals surface area contributed by atoms with Crippen LogP contribution in [0.4, 0.5) is 17.2 Å². The highest BCUT2D eigenvalue weighted by molar-refractivity contribution is 5.94. The number of anilines is 3. The minimum absolute atomic E-state index is 0.111. The molecule has 1 aromatic carbocycles. The second kappa shape index (κ2) is 17.8. The summed E-state index contributed by atoms with van der Waals surface area (Å²) in [6, 6.07) is 13.2. The Morgan fingerprint density at radius 2 is 1.58 bits per heavy atom. The largest absolute Gasteiger partial charge is 0.478 e. The van der Waals surface area contributed by atoms with Crippen molar-refractivity contribution >= 4 is 40.1 Å². The summed E-state index contributed by atoms with van der Waals surface area (Å²) in [6.07, 6.45) is 10.8. The molecule has 1 amide bonds. The first-order valence-corrected chi connectivity index (χ1v) is 17.3. The van der Waals surface area contributed by atoms with E-state index in [1.54, 1.807) is 16.7 Å². The molecule has 6 rings (SSSR count). The van der Waals surface area contributed by atoms with E-state index in [-0.39, 0.29) is 23.0 Å². The Morgan fingerprint density at radius 3 is 2.19 bits per heavy atom. The highest BCUT2D eigenvalue weighted by atomic mass is 16.5. The van der Waals surface area contributed by atoms with Crippen LogP contribution in [0.25, 0.3) is 11.0 Å². The fourth-order valence-corrected chi connectivity index (χ4v) is 5.98. The summed E-state index contributed by atoms with van der Waals surface area (Å²) in [5.41, 5.74) is 21.8. The standard InChI is InChI=1S/C31H40N8O3.C6H6N2O2/c1-2-3-14-42-27-16-26-28(29(33)36-27)37-31(41)39(26)20-23-6-4-22(5-7-23)19-38-12-9-21(10-13-38)8-11-35-30(40)24-15-25(32)18-34-17-24;7-5-1-4(6(9)10)2-8-3-5/h4-7,15-18,21H,2-3,8-14,19-20,32H2,1H3,(H2,33,36)(H,35,40)(H,37,41);1-3H,7H2,(H,9,10). The summed E-state index contributed by atoms with van der Waals surface area (Å²) >= 11 is 0. The number of piperidine rings is 1. The zero-order valence-electron chi connectivity index (χ0n) is 29.3. The molecule has 0 atom stereocenters. The predicted molar refractivity (Wildman–Crippen MR) is 200 cm³/mol. The van der Waals surface area contributed by atoms with E-state index in [4.69, 9.17) is 27.0 Å². The average Bonchev–Trinajstić information content (AvgIpc) is 3.45. The highest BCUT2D eigenvalue weighted by Crippen LogP contribution is 2.24. The average molecular weight is 711 g/mol. The number of rotatable bonds is 13. The van der Waals surface area contributed by atoms with Crippen LogP contribution in [-0.4, -0.2) is 72.6 Å². The lowest BCUT2D eigenvalue weighted by molar-refractivity contribution is 0.0696. The monoisotopic (exact) mass is 710 g/mol. The first-order valence-electron chi connectivity index (χ1n) is 17.3. The van der Waals surface area contributed by atoms with E-state index in [2.05, 4.69) is 61.3 Å². The van der Waals surface area contributed by atoms with E-state index in [1.807, 2.05) is 0 Å². The maximum absolute atomic E-state index is 12.7. The number of carboxylic acid groups (broad SMARTS) is 1. The maximum Gasteiger partial charge on any atom is 0.337 e. The van der Waals surface area contributed by atoms with Crippen molar-refractivity contribution < 1.29 is 19.4 Å². The molecule has 0 aliphatic carbocycles. The molecule has 15 nitrogen and oxygen atoms in total. The third-order valence-electron chi connectivity index (χ3n) is 8.86. The molecule has 9 N–H and O–H groups in total. The van der Waals surface area contributed by atoms with Crippen molar-refractivity contribution in [2.24, 2.45) is 5.92 Å². The SMILES string of the molecule is CCCCOc1cc2c([nH]c(=O)n2Cc2ccc(CN3CCC(CCNC(=O)c4cncc(N)c4)CC3)cc2)c(N)n1.Nc1cncc(C(=O)O)c1. The van der Waals surface area contributed by atoms with Crippen LogP contribution in [-0.2, 0) is 13.1 Å². The number of likely N-dealkylation sites (tertiary alicyclic amines) is 1. The number of carbonyl (C=O) groups excluding carboxylic acids is 1. The van der Waals surface area contributed by atoms with Gasteiger partial charge in [-0.15, -0.1) is 0 Å². The third-order valence-corrected chi connectivity index (χ3v) is 8.86. The molecule has 0 bridgehead atoms. The van der Waals surface area contributed by atoms with Gasteiger partial charge in [-0.25, -0.2) is 9.59 Å². The molecular formula is C37H46N10O5. The number of carbonyl (C=O) groups is 2. The van der Waals surface area contributed by atoms with Crippen molar-refractivity contribution in [1.82, 2.24) is 34.7 Å². The Balaban J connectivity index is 0.000000452. The van der Waals surface area contributed by atoms with Crippen LogP contribution in [0.15, 0.2) is 72.0 Å². The fraction of sp³-hybridized carbons (Fsp3) is 0.351. The summed E-state index contributed by atoms with van der Waals surface area (Å²) in [4.78, 5) is 52.5. The first-order chi connectivity index (χ1) is 25.1. The number of aromatic nitrogens is 5. The van der Waals surface area contributed by atoms with Crippen LogP contribution >= 0.6 is 0 Å². The number of nitrogen functional groups attached to an aromatic ring is 3. The Hall–Kier alpha value is -5.96. The summed E-state index contributed by atoms with van der Waals surface area (Å²) in [6.45, 7) is 6.68. The van der Waals surface area contributed by atoms with E-state index in [9.17, 15) is 14.4 Å². The van der Waals surface area contributed by atoms with Gasteiger partial charge in [0.2, 0.25) is 5.88 Å². The second-order valence-electron chi connectivity index (χ2n) is 12.9. The summed E-state index contributed by atoms with van der Waals surface area (Å²) in [5.74, 6) is 0.140. The molecule has 1 aliphatic rings. The van der Waals surface area contributed by atoms with E-state index >= 15 is 0 Å². The normalized spacial score (nSPS) is 13.3. The number of carboxylic acids is 1. The Kier molecular flexibility index (Phi) is 12.8. The molecule has 1 saturated heterocycles. The third kappa shape index (κ3) is 10.3. The molecule has 0 unspecified atom stereocenters. The van der Waals surface area contributed by atoms with Gasteiger partial charge in [-0.2, -0.15) is 4.98 Å². The minimum atomic E-state index is -1.01. The molecular weight excluding hydrogens is 664 g/mol. The van der Waals surface area contributed by atoms with Crippen LogP contribution in [0.3, 0.4) is 0 Å². The molecule has 4 aromatic heterocycles. The number of aromatic amines is 1. The minimum Gasteiger partial charge on any atom is -0.478 e. The Labute approximate surface area is 301 Å². The molecule has 0 saturated carbocycles. The maximum atomic E-state index is 12.7. The number of hydrogen-bond acceptors (Lipinski definition) is 11. The predicted octanol–water partition coefficient (Wildman–Crippen LogP) is 3.91. The molecule has 5 heterocycles. The Bertz CT molecular complexity index is 2020. The lowest BCUT2D eigenvalue weighted by Gasteiger charge is -2.32. The van der Waals surface area contributed by atoms with Crippen molar-refractivity contribution in [3.63, 3.8) is 0 Å². The molecule has 52 heavy (non-hydrogen) atoms. The van der Waals surface area contributed by atoms with Crippen molar-refractivity contribution in [3.05, 3.63) is 100.0 Å². The molecule has 0 spiro atoms. The number of nitrogens with one attached hydrogen (secondary N) is 2. The van der Waals surface area contributed by atoms with Crippen molar-refractivity contribution in [1.29, 1.82) is 0 Å². The van der Waals surface area contributed by atoms with Gasteiger partial charge < -0.3 is 37.3 Å². The van der Waals surface area contributed by atoms with Gasteiger partial charge in [0.05, 0.1) is 41.2 Å². The smallest absolute Gasteiger partial charge is 0.337 e. The summed E-state index contributed by atoms with van der Waals surface area (Å²) in [5, 5.41) is 11.4. The second-order valence-corrected chi connectivity index (χ2v) is 12.9. The topological polar surface area (TPSA) is 233 Å². The number of unbranched alkanes of at least 4 members (excludes halogenated alkanes) is 1. The zero-order chi connectivity index (χ0) is 37.0. The van der Waals surface area contributed by atoms with Crippen LogP contribution < -0.4 is 32.9 Å². The number of pyridine rings is 3. The number of nitrogens with zero attached hydrogens (tertiary/aromatic N) is 5. The molecule has 1 aliphatic heterocycles. The lowest BCUT2D eigenvalue weighted by Crippen LogP contribution is -2.34. The number of benzene rings is 1. The molecule has 15 heteroatoms. The van der Waals surface area contributed by atoms with Crippen LogP contribution in [0.1, 0.15) is 70.9 Å². The number of nitrogens with two attached hydrogens (primary N) is 3. The van der Waals surface area contributed by atoms with Gasteiger partial charge in [-0.05, 0) is 68.0 Å². The number of aromatic carboxylic acids is 1. The van der Waals surface area contributed by atoms with E-state index in [1.165, 1.54) is 36.4 Å². The first kappa shape index (κ1) is 37.3. The number of fused-ring (bicyclic) bond motifs is 1. The van der Waals surface area contributed by atoms with E-state index < -0.39 is 5.97 Å². The summed E-state index contributed by atoms with van der Waals surface area (Å²) < 4.78 is 7.42. The lowest BCUT2D eigenvalue weighted by atomic mass is 9.93. The van der Waals surface area contributed by atoms with Crippen LogP contribution in [0.5, 0.6) is 5.88 Å². The zero-order valence-corrected chi connectivity index (χ0v) is 29.3. The van der Waals surface area contributed by atoms with E-state index in [0.717, 1.165) is 57.3 Å². The number of ether oxygens (including phenoxy) is 1. The van der Waals surface area contributed by atoms with E-state index in [0.29, 0.717) is 59.5 Å². The van der Waals surface area contributed by atoms with Crippen molar-refractivity contribution in [3.8, 4) is 5.88 Å². The molecule has 1 fully saturated rings. The van der Waals surface area contributed by atoms with Gasteiger partial charge in [0.25, 0.3) is 5.91 Å². The van der Waals surface area contributed by atoms with Gasteiger partial charge in [0.1, 0.15) is 5.52 Å². The van der Waals surface area contributed by atoms with Crippen molar-refractivity contribution in [2.75, 3.05) is 43.4 Å². The summed E-state index contributed by atoms with van der Waals surface area (Å²) in [7, 11) is 0. The molecule has 274 valence electrons. The molecule has 5 aromatic rings. The van der Waals surface area contributed by atoms with Crippen LogP contribution in [0, 0.1) is 5.92 Å². The quantitative estimate of drug-likeness (QED) is 0.0955. The van der Waals surface area contributed by atoms with Gasteiger partial charge in [0.15, 0.2) is 5.82 Å². The van der Waals surface area contributed by atoms with Crippen molar-refractivity contribution in [2.45, 2.75) is 52.1 Å². The number of hydrogen-bond donors (Lipinski definition) is 6. The fourth-order valence-electron chi connectivity index (χ4n) is 5.98. The molecule has 0 radical (unpaired) electrons. The number of H-pyrrole nitrogens is 1. The van der Waals surface area contributed by atoms with Gasteiger partial charge >= 0.3 is 11.7 Å². The van der Waals surface area contributed by atoms with Gasteiger partial charge in [0, 0.05) is 43.9 Å². The van der Waals surface area contributed by atoms with Gasteiger partial charge in [-0.3, -0.25) is 24.2 Å². The van der Waals surface area contributed by atoms with Gasteiger partial charge in [-0.1, -0.05) is 37.6 Å². The highest BCUT2D eigenvalue weighted by Gasteiger charge is 2.20. The van der Waals surface area contributed by atoms with Crippen LogP contribution in [0.2, 0.25) is 0 Å². The number of imidazole rings is 1. The number of amides is 1. The Morgan fingerprint density at radius 1 is 0.942 bits per heavy atom.